The maximum atomic E-state index is 12.7. The van der Waals surface area contributed by atoms with Gasteiger partial charge in [0.1, 0.15) is 5.60 Å². The Kier molecular flexibility index (Phi) is 5.77. The predicted octanol–water partition coefficient (Wildman–Crippen LogP) is 4.86. The normalized spacial score (nSPS) is 16.9. The van der Waals surface area contributed by atoms with Gasteiger partial charge >= 0.3 is 0 Å². The van der Waals surface area contributed by atoms with E-state index >= 15 is 0 Å². The van der Waals surface area contributed by atoms with Crippen LogP contribution in [0.1, 0.15) is 30.0 Å². The summed E-state index contributed by atoms with van der Waals surface area (Å²) in [7, 11) is 0. The zero-order valence-electron chi connectivity index (χ0n) is 16.8. The van der Waals surface area contributed by atoms with Crippen LogP contribution >= 0.6 is 0 Å². The molecule has 0 bridgehead atoms. The molecule has 3 nitrogen and oxygen atoms in total. The Bertz CT molecular complexity index is 828. The highest BCUT2D eigenvalue weighted by Crippen LogP contribution is 2.41. The molecular formula is C26H27NO2. The summed E-state index contributed by atoms with van der Waals surface area (Å²) in [6, 6.07) is 30.9. The van der Waals surface area contributed by atoms with Gasteiger partial charge in [-0.25, -0.2) is 0 Å². The van der Waals surface area contributed by atoms with E-state index in [-0.39, 0.29) is 11.8 Å². The molecule has 0 aromatic heterocycles. The lowest BCUT2D eigenvalue weighted by molar-refractivity contribution is -0.133. The van der Waals surface area contributed by atoms with Crippen molar-refractivity contribution in [1.82, 2.24) is 4.90 Å². The maximum absolute atomic E-state index is 12.7. The summed E-state index contributed by atoms with van der Waals surface area (Å²) in [6.45, 7) is 4.01. The molecule has 0 aliphatic carbocycles. The molecule has 1 fully saturated rings. The third-order valence-electron chi connectivity index (χ3n) is 5.83. The van der Waals surface area contributed by atoms with Crippen molar-refractivity contribution < 1.29 is 9.53 Å². The minimum Gasteiger partial charge on any atom is -0.360 e. The second kappa shape index (κ2) is 8.62. The average Bonchev–Trinajstić information content (AvgIpc) is 3.16. The van der Waals surface area contributed by atoms with Crippen LogP contribution in [0.15, 0.2) is 91.0 Å². The van der Waals surface area contributed by atoms with E-state index in [1.165, 1.54) is 0 Å². The summed E-state index contributed by atoms with van der Waals surface area (Å²) in [5.41, 5.74) is 2.43. The number of amides is 1. The van der Waals surface area contributed by atoms with Crippen LogP contribution in [0.3, 0.4) is 0 Å². The monoisotopic (exact) mass is 385 g/mol. The molecule has 3 aromatic rings. The topological polar surface area (TPSA) is 29.5 Å². The van der Waals surface area contributed by atoms with Crippen molar-refractivity contribution in [3.05, 3.63) is 108 Å². The van der Waals surface area contributed by atoms with Gasteiger partial charge in [-0.2, -0.15) is 0 Å². The Morgan fingerprint density at radius 1 is 0.828 bits per heavy atom. The van der Waals surface area contributed by atoms with Crippen LogP contribution < -0.4 is 0 Å². The third-order valence-corrected chi connectivity index (χ3v) is 5.83. The SMILES string of the molecule is CCN1CCC(COC(c2ccccc2)(c2ccccc2)c2ccccc2)C1=O. The van der Waals surface area contributed by atoms with Crippen LogP contribution in [0.25, 0.3) is 0 Å². The van der Waals surface area contributed by atoms with Gasteiger partial charge in [-0.3, -0.25) is 4.79 Å². The van der Waals surface area contributed by atoms with Gasteiger partial charge in [0.25, 0.3) is 0 Å². The van der Waals surface area contributed by atoms with Crippen LogP contribution in [-0.4, -0.2) is 30.5 Å². The van der Waals surface area contributed by atoms with Gasteiger partial charge in [-0.05, 0) is 30.0 Å². The van der Waals surface area contributed by atoms with Crippen LogP contribution in [0.4, 0.5) is 0 Å². The number of nitrogens with zero attached hydrogens (tertiary/aromatic N) is 1. The molecule has 0 spiro atoms. The summed E-state index contributed by atoms with van der Waals surface area (Å²) in [5.74, 6) is 0.112. The Labute approximate surface area is 172 Å². The molecule has 3 heteroatoms. The molecule has 1 aliphatic heterocycles. The van der Waals surface area contributed by atoms with Gasteiger partial charge in [0.2, 0.25) is 5.91 Å². The molecule has 0 N–H and O–H groups in total. The Hall–Kier alpha value is -2.91. The number of rotatable bonds is 7. The van der Waals surface area contributed by atoms with Gasteiger partial charge in [0.15, 0.2) is 0 Å². The quantitative estimate of drug-likeness (QED) is 0.544. The number of carbonyl (C=O) groups excluding carboxylic acids is 1. The summed E-state index contributed by atoms with van der Waals surface area (Å²) in [4.78, 5) is 14.6. The first-order valence-electron chi connectivity index (χ1n) is 10.3. The van der Waals surface area contributed by atoms with Crippen LogP contribution in [0, 0.1) is 5.92 Å². The first-order chi connectivity index (χ1) is 14.3. The lowest BCUT2D eigenvalue weighted by Gasteiger charge is -2.36. The van der Waals surface area contributed by atoms with E-state index in [1.54, 1.807) is 0 Å². The number of benzene rings is 3. The van der Waals surface area contributed by atoms with Crippen molar-refractivity contribution in [3.8, 4) is 0 Å². The fraction of sp³-hybridized carbons (Fsp3) is 0.269. The highest BCUT2D eigenvalue weighted by atomic mass is 16.5. The van der Waals surface area contributed by atoms with E-state index < -0.39 is 5.60 Å². The molecule has 0 radical (unpaired) electrons. The van der Waals surface area contributed by atoms with E-state index in [0.717, 1.165) is 36.2 Å². The lowest BCUT2D eigenvalue weighted by atomic mass is 9.80. The Balaban J connectivity index is 1.79. The van der Waals surface area contributed by atoms with E-state index in [0.29, 0.717) is 6.61 Å². The summed E-state index contributed by atoms with van der Waals surface area (Å²) in [6.07, 6.45) is 0.848. The average molecular weight is 386 g/mol. The molecule has 148 valence electrons. The van der Waals surface area contributed by atoms with E-state index in [2.05, 4.69) is 36.4 Å². The van der Waals surface area contributed by atoms with Gasteiger partial charge in [-0.15, -0.1) is 0 Å². The highest BCUT2D eigenvalue weighted by Gasteiger charge is 2.40. The van der Waals surface area contributed by atoms with Gasteiger partial charge in [0.05, 0.1) is 12.5 Å². The molecule has 4 rings (SSSR count). The zero-order valence-corrected chi connectivity index (χ0v) is 16.8. The number of hydrogen-bond acceptors (Lipinski definition) is 2. The Morgan fingerprint density at radius 3 is 1.66 bits per heavy atom. The molecule has 3 aromatic carbocycles. The van der Waals surface area contributed by atoms with Gasteiger partial charge in [-0.1, -0.05) is 91.0 Å². The molecule has 1 aliphatic rings. The van der Waals surface area contributed by atoms with Crippen LogP contribution in [-0.2, 0) is 15.1 Å². The van der Waals surface area contributed by atoms with Crippen LogP contribution in [0.2, 0.25) is 0 Å². The predicted molar refractivity (Wildman–Crippen MR) is 116 cm³/mol. The fourth-order valence-electron chi connectivity index (χ4n) is 4.27. The van der Waals surface area contributed by atoms with Crippen molar-refractivity contribution >= 4 is 5.91 Å². The van der Waals surface area contributed by atoms with E-state index in [1.807, 2.05) is 66.4 Å². The number of carbonyl (C=O) groups is 1. The second-order valence-electron chi connectivity index (χ2n) is 7.49. The third kappa shape index (κ3) is 3.70. The van der Waals surface area contributed by atoms with Gasteiger partial charge in [0, 0.05) is 13.1 Å². The fourth-order valence-corrected chi connectivity index (χ4v) is 4.27. The minimum absolute atomic E-state index is 0.0922. The van der Waals surface area contributed by atoms with Crippen molar-refractivity contribution in [2.75, 3.05) is 19.7 Å². The number of ether oxygens (including phenoxy) is 1. The molecule has 1 atom stereocenters. The first kappa shape index (κ1) is 19.4. The van der Waals surface area contributed by atoms with E-state index in [4.69, 9.17) is 4.74 Å². The minimum atomic E-state index is -0.760. The molecule has 1 amide bonds. The standard InChI is InChI=1S/C26H27NO2/c1-2-27-19-18-21(25(27)28)20-29-26(22-12-6-3-7-13-22,23-14-8-4-9-15-23)24-16-10-5-11-17-24/h3-17,21H,2,18-20H2,1H3. The molecular weight excluding hydrogens is 358 g/mol. The first-order valence-corrected chi connectivity index (χ1v) is 10.3. The molecule has 1 unspecified atom stereocenters. The van der Waals surface area contributed by atoms with Gasteiger partial charge < -0.3 is 9.64 Å². The van der Waals surface area contributed by atoms with Crippen molar-refractivity contribution in [2.45, 2.75) is 18.9 Å². The van der Waals surface area contributed by atoms with Crippen LogP contribution in [0.5, 0.6) is 0 Å². The molecule has 1 heterocycles. The second-order valence-corrected chi connectivity index (χ2v) is 7.49. The Morgan fingerprint density at radius 2 is 1.28 bits per heavy atom. The van der Waals surface area contributed by atoms with Crippen molar-refractivity contribution in [1.29, 1.82) is 0 Å². The summed E-state index contributed by atoms with van der Waals surface area (Å²) in [5, 5.41) is 0. The molecule has 1 saturated heterocycles. The zero-order chi connectivity index (χ0) is 20.1. The highest BCUT2D eigenvalue weighted by molar-refractivity contribution is 5.81. The lowest BCUT2D eigenvalue weighted by Crippen LogP contribution is -2.36. The van der Waals surface area contributed by atoms with Crippen molar-refractivity contribution in [2.24, 2.45) is 5.92 Å². The summed E-state index contributed by atoms with van der Waals surface area (Å²) >= 11 is 0. The molecule has 29 heavy (non-hydrogen) atoms. The number of likely N-dealkylation sites (tertiary alicyclic amines) is 1. The smallest absolute Gasteiger partial charge is 0.228 e. The van der Waals surface area contributed by atoms with E-state index in [9.17, 15) is 4.79 Å². The number of hydrogen-bond donors (Lipinski definition) is 0. The summed E-state index contributed by atoms with van der Waals surface area (Å²) < 4.78 is 6.79. The molecule has 0 saturated carbocycles. The largest absolute Gasteiger partial charge is 0.360 e. The van der Waals surface area contributed by atoms with Crippen molar-refractivity contribution in [3.63, 3.8) is 0 Å². The maximum Gasteiger partial charge on any atom is 0.228 e.